The summed E-state index contributed by atoms with van der Waals surface area (Å²) in [6.07, 6.45) is 6.16. The quantitative estimate of drug-likeness (QED) is 0.0316. The average Bonchev–Trinajstić information content (AvgIpc) is 3.81. The number of hydrogen-bond donors (Lipinski definition) is 1. The first-order valence-electron chi connectivity index (χ1n) is 24.0. The number of rotatable bonds is 28. The van der Waals surface area contributed by atoms with Gasteiger partial charge in [0, 0.05) is 51.4 Å². The van der Waals surface area contributed by atoms with Crippen LogP contribution in [0.5, 0.6) is 11.5 Å². The van der Waals surface area contributed by atoms with Crippen molar-refractivity contribution in [2.45, 2.75) is 101 Å². The van der Waals surface area contributed by atoms with E-state index in [1.54, 1.807) is 18.1 Å². The minimum atomic E-state index is -0.809. The molecule has 3 aliphatic heterocycles. The highest BCUT2D eigenvalue weighted by Gasteiger charge is 2.42. The molecule has 0 aromatic heterocycles. The van der Waals surface area contributed by atoms with E-state index in [2.05, 4.69) is 31.2 Å². The number of methoxy groups -OCH3 is 1. The van der Waals surface area contributed by atoms with Crippen LogP contribution in [0.15, 0.2) is 71.9 Å². The predicted octanol–water partition coefficient (Wildman–Crippen LogP) is 8.42. The summed E-state index contributed by atoms with van der Waals surface area (Å²) in [5, 5.41) is 15.6. The molecule has 2 amide bonds. The van der Waals surface area contributed by atoms with Crippen LogP contribution in [-0.4, -0.2) is 126 Å². The Morgan fingerprint density at radius 3 is 2.40 bits per heavy atom. The van der Waals surface area contributed by atoms with Gasteiger partial charge in [-0.2, -0.15) is 4.91 Å². The zero-order valence-corrected chi connectivity index (χ0v) is 39.1. The molecule has 372 valence electrons. The van der Waals surface area contributed by atoms with Crippen molar-refractivity contribution in [1.29, 1.82) is 0 Å². The molecular formula is C49H67FN6O12. The van der Waals surface area contributed by atoms with E-state index in [9.17, 15) is 29.0 Å². The number of nitroso groups, excluding NO2 is 1. The van der Waals surface area contributed by atoms with E-state index in [0.717, 1.165) is 86.4 Å². The molecule has 0 aliphatic carbocycles. The number of benzene rings is 3. The summed E-state index contributed by atoms with van der Waals surface area (Å²) in [7, 11) is 1.69. The lowest BCUT2D eigenvalue weighted by molar-refractivity contribution is -0.757. The first-order chi connectivity index (χ1) is 33.2. The molecule has 0 bridgehead atoms. The molecule has 6 rings (SSSR count). The molecule has 0 saturated carbocycles. The number of nitrogens with one attached hydrogen (secondary N) is 1. The molecule has 68 heavy (non-hydrogen) atoms. The molecular weight excluding hydrogens is 884 g/mol. The van der Waals surface area contributed by atoms with Gasteiger partial charge < -0.3 is 53.3 Å². The summed E-state index contributed by atoms with van der Waals surface area (Å²) in [4.78, 5) is 58.6. The summed E-state index contributed by atoms with van der Waals surface area (Å²) in [6.45, 7) is 5.27. The van der Waals surface area contributed by atoms with Crippen LogP contribution in [0.1, 0.15) is 87.7 Å². The molecule has 3 aliphatic rings. The van der Waals surface area contributed by atoms with Crippen molar-refractivity contribution in [3.8, 4) is 11.5 Å². The molecule has 0 radical (unpaired) electrons. The van der Waals surface area contributed by atoms with Gasteiger partial charge in [-0.1, -0.05) is 55.1 Å². The van der Waals surface area contributed by atoms with E-state index in [0.29, 0.717) is 64.2 Å². The molecule has 3 aromatic rings. The zero-order valence-electron chi connectivity index (χ0n) is 39.1. The Hall–Kier alpha value is -5.95. The second-order valence-corrected chi connectivity index (χ2v) is 17.4. The first-order valence-corrected chi connectivity index (χ1v) is 24.0. The largest absolute Gasteiger partial charge is 0.490 e. The Kier molecular flexibility index (Phi) is 21.0. The summed E-state index contributed by atoms with van der Waals surface area (Å²) in [6, 6.07) is 19.7. The van der Waals surface area contributed by atoms with Crippen LogP contribution in [0.2, 0.25) is 0 Å². The maximum atomic E-state index is 14.0. The fraction of sp³-hybridized carbons (Fsp3) is 0.592. The predicted molar refractivity (Wildman–Crippen MR) is 252 cm³/mol. The number of fused-ring (bicyclic) bond motifs is 1. The Morgan fingerprint density at radius 1 is 0.868 bits per heavy atom. The number of likely N-dealkylation sites (tertiary alicyclic amines) is 1. The third kappa shape index (κ3) is 16.4. The molecule has 2 saturated heterocycles. The molecule has 1 N–H and O–H groups in total. The molecule has 3 heterocycles. The molecule has 18 nitrogen and oxygen atoms in total. The number of piperidine rings is 1. The van der Waals surface area contributed by atoms with Crippen LogP contribution >= 0.6 is 0 Å². The van der Waals surface area contributed by atoms with Crippen LogP contribution in [0, 0.1) is 20.8 Å². The Morgan fingerprint density at radius 2 is 1.63 bits per heavy atom. The second-order valence-electron chi connectivity index (χ2n) is 17.4. The van der Waals surface area contributed by atoms with Crippen molar-refractivity contribution in [1.82, 2.24) is 10.2 Å². The number of anilines is 2. The molecule has 3 aromatic carbocycles. The van der Waals surface area contributed by atoms with Crippen molar-refractivity contribution < 1.29 is 52.3 Å². The van der Waals surface area contributed by atoms with Crippen LogP contribution in [0.3, 0.4) is 0 Å². The number of nitrogens with zero attached hydrogens (tertiary/aromatic N) is 5. The lowest BCUT2D eigenvalue weighted by Crippen LogP contribution is -2.59. The highest BCUT2D eigenvalue weighted by molar-refractivity contribution is 5.70. The minimum absolute atomic E-state index is 0.0131. The highest BCUT2D eigenvalue weighted by Crippen LogP contribution is 2.36. The number of ether oxygens (including phenoxy) is 6. The van der Waals surface area contributed by atoms with E-state index >= 15 is 0 Å². The Labute approximate surface area is 397 Å². The van der Waals surface area contributed by atoms with Gasteiger partial charge in [0.15, 0.2) is 0 Å². The van der Waals surface area contributed by atoms with E-state index in [-0.39, 0.29) is 51.4 Å². The van der Waals surface area contributed by atoms with Gasteiger partial charge in [0.25, 0.3) is 5.09 Å². The zero-order chi connectivity index (χ0) is 47.9. The van der Waals surface area contributed by atoms with Gasteiger partial charge in [0.05, 0.1) is 70.4 Å². The van der Waals surface area contributed by atoms with Gasteiger partial charge in [0.2, 0.25) is 0 Å². The third-order valence-corrected chi connectivity index (χ3v) is 12.4. The topological polar surface area (TPSA) is 193 Å². The standard InChI is InChI=1S/C49H67FN6O12/c1-62-26-12-23-53-25-30-63-45-20-15-37(31-44(45)53)36-66-46-35-55(49(58)65-28-9-5-6-10-29-67-56(60)61)34-43(52-48(57)64-27-8-4-2-3-7-22-51-59)47(46)38-16-18-41(19-17-38)68-42-21-24-54(33-42)40-14-11-13-39(50)32-40/h11,13-20,31-32,42-43,46-47H,2-10,12,21-30,33-36H2,1H3,(H,52,57). The van der Waals surface area contributed by atoms with Gasteiger partial charge in [-0.3, -0.25) is 0 Å². The second kappa shape index (κ2) is 27.8. The van der Waals surface area contributed by atoms with Crippen LogP contribution < -0.4 is 24.6 Å². The fourth-order valence-corrected chi connectivity index (χ4v) is 8.95. The minimum Gasteiger partial charge on any atom is -0.490 e. The van der Waals surface area contributed by atoms with Gasteiger partial charge in [-0.05, 0) is 92.1 Å². The summed E-state index contributed by atoms with van der Waals surface area (Å²) >= 11 is 0. The number of unbranched alkanes of at least 4 members (excludes halogenated alkanes) is 7. The maximum Gasteiger partial charge on any atom is 0.409 e. The number of carbonyl (C=O) groups is 2. The number of alkyl carbamates (subject to hydrolysis) is 1. The van der Waals surface area contributed by atoms with Crippen LogP contribution in [-0.2, 0) is 30.4 Å². The van der Waals surface area contributed by atoms with Crippen molar-refractivity contribution >= 4 is 23.6 Å². The van der Waals surface area contributed by atoms with Gasteiger partial charge in [-0.25, -0.2) is 14.0 Å². The number of amides is 2. The Bertz CT molecular complexity index is 2030. The SMILES string of the molecule is COCCCN1CCOc2ccc(COC3CN(C(=O)OCCCCCCO[N+](=O)[O-])CC(NC(=O)OCCCCCCCN=O)C3c3ccc(OC4CCN(c5cccc(F)c5)C4)cc3)cc21. The normalized spacial score (nSPS) is 18.9. The van der Waals surface area contributed by atoms with Crippen molar-refractivity contribution in [2.75, 3.05) is 95.8 Å². The number of carbonyl (C=O) groups excluding carboxylic acids is 2. The van der Waals surface area contributed by atoms with Crippen LogP contribution in [0.25, 0.3) is 0 Å². The highest BCUT2D eigenvalue weighted by atomic mass is 19.1. The molecule has 2 fully saturated rings. The van der Waals surface area contributed by atoms with Crippen LogP contribution in [0.4, 0.5) is 25.4 Å². The lowest BCUT2D eigenvalue weighted by atomic mass is 9.83. The summed E-state index contributed by atoms with van der Waals surface area (Å²) in [5.74, 6) is 0.748. The fourth-order valence-electron chi connectivity index (χ4n) is 8.95. The average molecular weight is 951 g/mol. The monoisotopic (exact) mass is 950 g/mol. The third-order valence-electron chi connectivity index (χ3n) is 12.4. The van der Waals surface area contributed by atoms with Crippen molar-refractivity contribution in [2.24, 2.45) is 5.18 Å². The van der Waals surface area contributed by atoms with E-state index in [4.69, 9.17) is 28.4 Å². The van der Waals surface area contributed by atoms with E-state index in [1.165, 1.54) is 12.1 Å². The smallest absolute Gasteiger partial charge is 0.409 e. The van der Waals surface area contributed by atoms with E-state index < -0.39 is 35.3 Å². The molecule has 4 atom stereocenters. The molecule has 0 spiro atoms. The van der Waals surface area contributed by atoms with Gasteiger partial charge in [0.1, 0.15) is 30.0 Å². The maximum absolute atomic E-state index is 14.0. The van der Waals surface area contributed by atoms with E-state index in [1.807, 2.05) is 42.5 Å². The van der Waals surface area contributed by atoms with Crippen molar-refractivity contribution in [3.05, 3.63) is 98.7 Å². The van der Waals surface area contributed by atoms with Crippen molar-refractivity contribution in [3.63, 3.8) is 0 Å². The lowest BCUT2D eigenvalue weighted by Gasteiger charge is -2.43. The first kappa shape index (κ1) is 51.4. The number of hydrogen-bond acceptors (Lipinski definition) is 15. The molecule has 4 unspecified atom stereocenters. The molecule has 19 heteroatoms. The summed E-state index contributed by atoms with van der Waals surface area (Å²) in [5.41, 5.74) is 3.56. The van der Waals surface area contributed by atoms with Gasteiger partial charge >= 0.3 is 12.2 Å². The number of halogens is 1. The Balaban J connectivity index is 1.19. The van der Waals surface area contributed by atoms with Gasteiger partial charge in [-0.15, -0.1) is 10.1 Å². The summed E-state index contributed by atoms with van der Waals surface area (Å²) < 4.78 is 50.0.